The molecule has 0 saturated carbocycles. The van der Waals surface area contributed by atoms with Crippen molar-refractivity contribution in [2.75, 3.05) is 0 Å². The Bertz CT molecular complexity index is 582. The molecule has 0 fully saturated rings. The standard InChI is InChI=1S/C14H12O2S/c1-9-6-13(10(2)5-11(9)7-15)14-4-3-12(8-16)17-14/h3-8H,1-2H3. The molecule has 0 atom stereocenters. The quantitative estimate of drug-likeness (QED) is 0.772. The first-order chi connectivity index (χ1) is 8.15. The predicted octanol–water partition coefficient (Wildman–Crippen LogP) is 3.66. The second-order valence-electron chi connectivity index (χ2n) is 3.96. The summed E-state index contributed by atoms with van der Waals surface area (Å²) < 4.78 is 0. The molecule has 0 aliphatic carbocycles. The molecule has 0 saturated heterocycles. The minimum absolute atomic E-state index is 0.719. The van der Waals surface area contributed by atoms with Crippen LogP contribution in [-0.4, -0.2) is 12.6 Å². The zero-order valence-corrected chi connectivity index (χ0v) is 10.5. The van der Waals surface area contributed by atoms with E-state index in [0.29, 0.717) is 0 Å². The molecule has 2 nitrogen and oxygen atoms in total. The van der Waals surface area contributed by atoms with Crippen molar-refractivity contribution in [3.05, 3.63) is 45.8 Å². The van der Waals surface area contributed by atoms with E-state index < -0.39 is 0 Å². The summed E-state index contributed by atoms with van der Waals surface area (Å²) in [6.45, 7) is 3.89. The summed E-state index contributed by atoms with van der Waals surface area (Å²) in [7, 11) is 0. The summed E-state index contributed by atoms with van der Waals surface area (Å²) in [6.07, 6.45) is 1.73. The van der Waals surface area contributed by atoms with Crippen molar-refractivity contribution in [3.8, 4) is 10.4 Å². The van der Waals surface area contributed by atoms with Crippen molar-refractivity contribution in [1.82, 2.24) is 0 Å². The molecule has 2 aromatic rings. The first-order valence-electron chi connectivity index (χ1n) is 5.27. The van der Waals surface area contributed by atoms with Gasteiger partial charge < -0.3 is 0 Å². The average molecular weight is 244 g/mol. The molecule has 0 unspecified atom stereocenters. The van der Waals surface area contributed by atoms with Crippen molar-refractivity contribution < 1.29 is 9.59 Å². The maximum absolute atomic E-state index is 10.8. The molecule has 0 radical (unpaired) electrons. The van der Waals surface area contributed by atoms with Crippen molar-refractivity contribution in [2.45, 2.75) is 13.8 Å². The van der Waals surface area contributed by atoms with Crippen LogP contribution in [0.3, 0.4) is 0 Å². The van der Waals surface area contributed by atoms with Crippen LogP contribution < -0.4 is 0 Å². The van der Waals surface area contributed by atoms with Gasteiger partial charge in [0.05, 0.1) is 4.88 Å². The first kappa shape index (κ1) is 11.7. The molecule has 0 amide bonds. The summed E-state index contributed by atoms with van der Waals surface area (Å²) in [4.78, 5) is 23.3. The van der Waals surface area contributed by atoms with Gasteiger partial charge in [0.15, 0.2) is 6.29 Å². The zero-order valence-electron chi connectivity index (χ0n) is 9.69. The summed E-state index contributed by atoms with van der Waals surface area (Å²) in [6, 6.07) is 7.64. The molecule has 0 aliphatic heterocycles. The van der Waals surface area contributed by atoms with Gasteiger partial charge in [-0.25, -0.2) is 0 Å². The molecule has 0 aliphatic rings. The van der Waals surface area contributed by atoms with Gasteiger partial charge in [-0.1, -0.05) is 0 Å². The Balaban J connectivity index is 2.55. The highest BCUT2D eigenvalue weighted by Crippen LogP contribution is 2.31. The van der Waals surface area contributed by atoms with E-state index in [9.17, 15) is 9.59 Å². The van der Waals surface area contributed by atoms with Gasteiger partial charge in [-0.3, -0.25) is 9.59 Å². The molecule has 0 N–H and O–H groups in total. The smallest absolute Gasteiger partial charge is 0.160 e. The van der Waals surface area contributed by atoms with Gasteiger partial charge in [-0.05, 0) is 54.8 Å². The highest BCUT2D eigenvalue weighted by Gasteiger charge is 2.08. The number of aldehydes is 2. The van der Waals surface area contributed by atoms with Crippen molar-refractivity contribution in [3.63, 3.8) is 0 Å². The molecule has 86 valence electrons. The molecule has 3 heteroatoms. The third-order valence-electron chi connectivity index (χ3n) is 2.75. The van der Waals surface area contributed by atoms with E-state index in [2.05, 4.69) is 0 Å². The van der Waals surface area contributed by atoms with E-state index in [4.69, 9.17) is 0 Å². The zero-order chi connectivity index (χ0) is 12.4. The van der Waals surface area contributed by atoms with E-state index in [1.165, 1.54) is 11.3 Å². The Hall–Kier alpha value is -1.74. The van der Waals surface area contributed by atoms with Gasteiger partial charge in [-0.15, -0.1) is 11.3 Å². The molecule has 0 bridgehead atoms. The van der Waals surface area contributed by atoms with E-state index in [-0.39, 0.29) is 0 Å². The number of aryl methyl sites for hydroxylation is 2. The van der Waals surface area contributed by atoms with Crippen LogP contribution in [-0.2, 0) is 0 Å². The van der Waals surface area contributed by atoms with Crippen LogP contribution in [0.1, 0.15) is 31.2 Å². The second kappa shape index (κ2) is 4.63. The first-order valence-corrected chi connectivity index (χ1v) is 6.09. The molecule has 17 heavy (non-hydrogen) atoms. The molecule has 0 spiro atoms. The summed E-state index contributed by atoms with van der Waals surface area (Å²) >= 11 is 1.47. The molecular formula is C14H12O2S. The highest BCUT2D eigenvalue weighted by molar-refractivity contribution is 7.17. The Morgan fingerprint density at radius 1 is 1.00 bits per heavy atom. The topological polar surface area (TPSA) is 34.1 Å². The number of thiophene rings is 1. The Morgan fingerprint density at radius 3 is 2.35 bits per heavy atom. The monoisotopic (exact) mass is 244 g/mol. The lowest BCUT2D eigenvalue weighted by Gasteiger charge is -2.07. The predicted molar refractivity (Wildman–Crippen MR) is 70.0 cm³/mol. The number of hydrogen-bond donors (Lipinski definition) is 0. The third kappa shape index (κ3) is 2.19. The number of rotatable bonds is 3. The van der Waals surface area contributed by atoms with Crippen LogP contribution in [0.15, 0.2) is 24.3 Å². The molecular weight excluding hydrogens is 232 g/mol. The van der Waals surface area contributed by atoms with Crippen molar-refractivity contribution in [2.24, 2.45) is 0 Å². The van der Waals surface area contributed by atoms with E-state index in [1.54, 1.807) is 0 Å². The summed E-state index contributed by atoms with van der Waals surface area (Å²) in [5.74, 6) is 0. The molecule has 1 heterocycles. The fraction of sp³-hybridized carbons (Fsp3) is 0.143. The largest absolute Gasteiger partial charge is 0.298 e. The minimum Gasteiger partial charge on any atom is -0.298 e. The summed E-state index contributed by atoms with van der Waals surface area (Å²) in [5, 5.41) is 0. The second-order valence-corrected chi connectivity index (χ2v) is 5.08. The van der Waals surface area contributed by atoms with Crippen LogP contribution in [0.25, 0.3) is 10.4 Å². The van der Waals surface area contributed by atoms with E-state index in [1.807, 2.05) is 38.1 Å². The molecule has 2 rings (SSSR count). The number of benzene rings is 1. The van der Waals surface area contributed by atoms with Gasteiger partial charge in [0.2, 0.25) is 0 Å². The van der Waals surface area contributed by atoms with Crippen LogP contribution in [0.2, 0.25) is 0 Å². The van der Waals surface area contributed by atoms with Crippen molar-refractivity contribution in [1.29, 1.82) is 0 Å². The Labute approximate surface area is 104 Å². The van der Waals surface area contributed by atoms with E-state index >= 15 is 0 Å². The van der Waals surface area contributed by atoms with Crippen LogP contribution in [0.4, 0.5) is 0 Å². The SMILES string of the molecule is Cc1cc(-c2ccc(C=O)s2)c(C)cc1C=O. The highest BCUT2D eigenvalue weighted by atomic mass is 32.1. The fourth-order valence-corrected chi connectivity index (χ4v) is 2.70. The van der Waals surface area contributed by atoms with Gasteiger partial charge in [0.25, 0.3) is 0 Å². The lowest BCUT2D eigenvalue weighted by Crippen LogP contribution is -1.90. The molecule has 1 aromatic heterocycles. The lowest BCUT2D eigenvalue weighted by atomic mass is 10.00. The maximum atomic E-state index is 10.8. The summed E-state index contributed by atoms with van der Waals surface area (Å²) in [5.41, 5.74) is 3.82. The Morgan fingerprint density at radius 2 is 1.76 bits per heavy atom. The van der Waals surface area contributed by atoms with Gasteiger partial charge >= 0.3 is 0 Å². The normalized spacial score (nSPS) is 10.2. The number of carbonyl (C=O) groups is 2. The van der Waals surface area contributed by atoms with Crippen molar-refractivity contribution >= 4 is 23.9 Å². The van der Waals surface area contributed by atoms with Crippen LogP contribution in [0.5, 0.6) is 0 Å². The Kier molecular flexibility index (Phi) is 3.20. The van der Waals surface area contributed by atoms with Gasteiger partial charge in [0.1, 0.15) is 6.29 Å². The van der Waals surface area contributed by atoms with E-state index in [0.717, 1.165) is 44.6 Å². The number of hydrogen-bond acceptors (Lipinski definition) is 3. The maximum Gasteiger partial charge on any atom is 0.160 e. The average Bonchev–Trinajstić information content (AvgIpc) is 2.80. The van der Waals surface area contributed by atoms with Crippen LogP contribution >= 0.6 is 11.3 Å². The fourth-order valence-electron chi connectivity index (χ4n) is 1.79. The van der Waals surface area contributed by atoms with Crippen LogP contribution in [0, 0.1) is 13.8 Å². The lowest BCUT2D eigenvalue weighted by molar-refractivity contribution is 0.111. The minimum atomic E-state index is 0.719. The third-order valence-corrected chi connectivity index (χ3v) is 3.79. The number of carbonyl (C=O) groups excluding carboxylic acids is 2. The van der Waals surface area contributed by atoms with Gasteiger partial charge in [0, 0.05) is 10.4 Å². The van der Waals surface area contributed by atoms with Gasteiger partial charge in [-0.2, -0.15) is 0 Å². The molecule has 1 aromatic carbocycles.